The summed E-state index contributed by atoms with van der Waals surface area (Å²) in [5, 5.41) is 6.22. The van der Waals surface area contributed by atoms with Gasteiger partial charge in [0.2, 0.25) is 5.95 Å². The number of nitrogens with two attached hydrogens (primary N) is 1. The van der Waals surface area contributed by atoms with Gasteiger partial charge in [-0.15, -0.1) is 0 Å². The molecule has 1 aliphatic heterocycles. The van der Waals surface area contributed by atoms with Crippen molar-refractivity contribution in [3.8, 4) is 23.0 Å². The largest absolute Gasteiger partial charge is 0.383 e. The summed E-state index contributed by atoms with van der Waals surface area (Å²) < 4.78 is 0. The highest BCUT2D eigenvalue weighted by Crippen LogP contribution is 2.29. The van der Waals surface area contributed by atoms with E-state index in [1.807, 2.05) is 30.3 Å². The fourth-order valence-corrected chi connectivity index (χ4v) is 4.87. The van der Waals surface area contributed by atoms with E-state index in [-0.39, 0.29) is 5.91 Å². The van der Waals surface area contributed by atoms with E-state index < -0.39 is 0 Å². The number of piperazine rings is 1. The van der Waals surface area contributed by atoms with Gasteiger partial charge in [0.25, 0.3) is 5.91 Å². The second-order valence-corrected chi connectivity index (χ2v) is 10.9. The van der Waals surface area contributed by atoms with Crippen LogP contribution in [-0.2, 0) is 6.54 Å². The van der Waals surface area contributed by atoms with E-state index in [1.165, 1.54) is 5.56 Å². The molecule has 0 unspecified atom stereocenters. The lowest BCUT2D eigenvalue weighted by molar-refractivity contribution is 0.0951. The van der Waals surface area contributed by atoms with Crippen LogP contribution in [0, 0.1) is 11.8 Å². The van der Waals surface area contributed by atoms with Gasteiger partial charge in [-0.2, -0.15) is 4.98 Å². The quantitative estimate of drug-likeness (QED) is 0.293. The molecule has 2 aromatic heterocycles. The van der Waals surface area contributed by atoms with Gasteiger partial charge >= 0.3 is 0 Å². The number of hydrogen-bond donors (Lipinski definition) is 3. The number of likely N-dealkylation sites (N-methyl/N-ethyl adjacent to an activating group) is 1. The normalized spacial score (nSPS) is 15.5. The number of carbonyl (C=O) groups excluding carboxylic acids is 1. The van der Waals surface area contributed by atoms with Gasteiger partial charge < -0.3 is 21.3 Å². The van der Waals surface area contributed by atoms with Crippen LogP contribution in [0.2, 0.25) is 0 Å². The highest BCUT2D eigenvalue weighted by molar-refractivity contribution is 5.94. The molecule has 4 N–H and O–H groups in total. The SMILES string of the molecule is CN1CCN(Cc2ccccc2-c2cnc(Nc3ccc(C#Cc4cc(C(=O)NC5CC5)ccn4)cc3)nc2N)CC1. The van der Waals surface area contributed by atoms with E-state index in [0.29, 0.717) is 29.1 Å². The molecule has 9 nitrogen and oxygen atoms in total. The Morgan fingerprint density at radius 3 is 2.52 bits per heavy atom. The van der Waals surface area contributed by atoms with Crippen LogP contribution in [0.5, 0.6) is 0 Å². The van der Waals surface area contributed by atoms with E-state index >= 15 is 0 Å². The molecule has 0 radical (unpaired) electrons. The first-order valence-electron chi connectivity index (χ1n) is 14.3. The second-order valence-electron chi connectivity index (χ2n) is 10.9. The number of rotatable bonds is 7. The van der Waals surface area contributed by atoms with Gasteiger partial charge in [0, 0.05) is 73.5 Å². The fraction of sp³-hybridized carbons (Fsp3) is 0.273. The minimum Gasteiger partial charge on any atom is -0.383 e. The molecule has 2 fully saturated rings. The smallest absolute Gasteiger partial charge is 0.251 e. The van der Waals surface area contributed by atoms with Crippen molar-refractivity contribution >= 4 is 23.4 Å². The molecule has 4 aromatic rings. The number of nitrogens with one attached hydrogen (secondary N) is 2. The summed E-state index contributed by atoms with van der Waals surface area (Å²) in [5.41, 5.74) is 12.3. The van der Waals surface area contributed by atoms with Crippen molar-refractivity contribution in [2.45, 2.75) is 25.4 Å². The maximum absolute atomic E-state index is 12.3. The molecule has 1 saturated carbocycles. The van der Waals surface area contributed by atoms with Crippen LogP contribution in [0.3, 0.4) is 0 Å². The standard InChI is InChI=1S/C33H34N8O/c1-40-16-18-41(19-17-40)22-25-4-2-3-5-29(25)30-21-36-33(39-31(30)34)38-27-9-6-23(7-10-27)8-11-28-20-24(14-15-35-28)32(42)37-26-12-13-26/h2-7,9-10,14-15,20-21,26H,12-13,16-19,22H2,1H3,(H,37,42)(H3,34,36,38,39). The second kappa shape index (κ2) is 12.4. The van der Waals surface area contributed by atoms with E-state index in [4.69, 9.17) is 5.73 Å². The molecule has 1 amide bonds. The molecule has 0 bridgehead atoms. The number of carbonyl (C=O) groups is 1. The Kier molecular flexibility index (Phi) is 8.08. The van der Waals surface area contributed by atoms with Gasteiger partial charge in [-0.05, 0) is 73.3 Å². The van der Waals surface area contributed by atoms with Gasteiger partial charge in [0.1, 0.15) is 11.5 Å². The summed E-state index contributed by atoms with van der Waals surface area (Å²) in [6.45, 7) is 5.12. The van der Waals surface area contributed by atoms with Gasteiger partial charge in [0.05, 0.1) is 0 Å². The predicted octanol–water partition coefficient (Wildman–Crippen LogP) is 3.90. The third-order valence-corrected chi connectivity index (χ3v) is 7.53. The number of nitrogens with zero attached hydrogens (tertiary/aromatic N) is 5. The van der Waals surface area contributed by atoms with E-state index in [9.17, 15) is 4.79 Å². The molecule has 2 aliphatic rings. The van der Waals surface area contributed by atoms with Crippen molar-refractivity contribution in [3.05, 3.63) is 95.4 Å². The number of nitrogen functional groups attached to an aromatic ring is 1. The minimum absolute atomic E-state index is 0.0795. The van der Waals surface area contributed by atoms with Crippen LogP contribution in [0.4, 0.5) is 17.5 Å². The third-order valence-electron chi connectivity index (χ3n) is 7.53. The Morgan fingerprint density at radius 1 is 0.976 bits per heavy atom. The molecule has 1 aliphatic carbocycles. The first kappa shape index (κ1) is 27.4. The lowest BCUT2D eigenvalue weighted by Crippen LogP contribution is -2.43. The van der Waals surface area contributed by atoms with Crippen LogP contribution in [0.25, 0.3) is 11.1 Å². The van der Waals surface area contributed by atoms with Crippen molar-refractivity contribution in [1.29, 1.82) is 0 Å². The lowest BCUT2D eigenvalue weighted by Gasteiger charge is -2.32. The zero-order valence-electron chi connectivity index (χ0n) is 23.7. The molecule has 0 spiro atoms. The summed E-state index contributed by atoms with van der Waals surface area (Å²) >= 11 is 0. The van der Waals surface area contributed by atoms with Gasteiger partial charge in [0.15, 0.2) is 0 Å². The zero-order valence-corrected chi connectivity index (χ0v) is 23.7. The van der Waals surface area contributed by atoms with Gasteiger partial charge in [-0.25, -0.2) is 9.97 Å². The maximum Gasteiger partial charge on any atom is 0.251 e. The third kappa shape index (κ3) is 6.92. The Bertz CT molecular complexity index is 1630. The van der Waals surface area contributed by atoms with Crippen LogP contribution in [-0.4, -0.2) is 69.9 Å². The van der Waals surface area contributed by atoms with E-state index in [0.717, 1.165) is 67.9 Å². The maximum atomic E-state index is 12.3. The molecule has 42 heavy (non-hydrogen) atoms. The molecule has 2 aromatic carbocycles. The highest BCUT2D eigenvalue weighted by atomic mass is 16.1. The molecule has 3 heterocycles. The van der Waals surface area contributed by atoms with Crippen LogP contribution in [0.15, 0.2) is 73.1 Å². The number of benzene rings is 2. The molecule has 0 atom stereocenters. The first-order valence-corrected chi connectivity index (χ1v) is 14.3. The zero-order chi connectivity index (χ0) is 28.9. The fourth-order valence-electron chi connectivity index (χ4n) is 4.87. The van der Waals surface area contributed by atoms with Crippen molar-refractivity contribution in [2.75, 3.05) is 44.3 Å². The first-order chi connectivity index (χ1) is 20.5. The molecule has 1 saturated heterocycles. The van der Waals surface area contributed by atoms with E-state index in [2.05, 4.69) is 72.5 Å². The Balaban J connectivity index is 1.10. The van der Waals surface area contributed by atoms with Crippen LogP contribution in [0.1, 0.15) is 40.0 Å². The van der Waals surface area contributed by atoms with Gasteiger partial charge in [-0.3, -0.25) is 9.69 Å². The summed E-state index contributed by atoms with van der Waals surface area (Å²) in [6, 6.07) is 19.7. The van der Waals surface area contributed by atoms with Crippen molar-refractivity contribution in [2.24, 2.45) is 0 Å². The van der Waals surface area contributed by atoms with E-state index in [1.54, 1.807) is 24.5 Å². The monoisotopic (exact) mass is 558 g/mol. The van der Waals surface area contributed by atoms with Crippen molar-refractivity contribution in [1.82, 2.24) is 30.1 Å². The minimum atomic E-state index is -0.0795. The summed E-state index contributed by atoms with van der Waals surface area (Å²) in [4.78, 5) is 30.5. The van der Waals surface area contributed by atoms with Gasteiger partial charge in [-0.1, -0.05) is 30.2 Å². The molecule has 212 valence electrons. The van der Waals surface area contributed by atoms with Crippen molar-refractivity contribution in [3.63, 3.8) is 0 Å². The number of anilines is 3. The molecule has 9 heteroatoms. The predicted molar refractivity (Wildman–Crippen MR) is 165 cm³/mol. The summed E-state index contributed by atoms with van der Waals surface area (Å²) in [7, 11) is 2.17. The molecular weight excluding hydrogens is 524 g/mol. The summed E-state index contributed by atoms with van der Waals surface area (Å²) in [5.74, 6) is 6.94. The van der Waals surface area contributed by atoms with Crippen LogP contribution >= 0.6 is 0 Å². The average Bonchev–Trinajstić information content (AvgIpc) is 3.83. The van der Waals surface area contributed by atoms with Crippen LogP contribution < -0.4 is 16.4 Å². The van der Waals surface area contributed by atoms with Crippen molar-refractivity contribution < 1.29 is 4.79 Å². The lowest BCUT2D eigenvalue weighted by atomic mass is 10.0. The Labute approximate surface area is 246 Å². The summed E-state index contributed by atoms with van der Waals surface area (Å²) in [6.07, 6.45) is 5.50. The number of amides is 1. The Morgan fingerprint density at radius 2 is 1.76 bits per heavy atom. The molecular formula is C33H34N8O. The molecule has 6 rings (SSSR count). The topological polar surface area (TPSA) is 112 Å². The highest BCUT2D eigenvalue weighted by Gasteiger charge is 2.24. The number of pyridine rings is 1. The Hall–Kier alpha value is -4.78. The number of hydrogen-bond acceptors (Lipinski definition) is 8. The number of aromatic nitrogens is 3. The average molecular weight is 559 g/mol.